The Morgan fingerprint density at radius 1 is 1.15 bits per heavy atom. The predicted molar refractivity (Wildman–Crippen MR) is 101 cm³/mol. The topological polar surface area (TPSA) is 53.0 Å². The van der Waals surface area contributed by atoms with Crippen LogP contribution in [-0.2, 0) is 11.3 Å². The van der Waals surface area contributed by atoms with E-state index in [4.69, 9.17) is 4.74 Å². The molecule has 5 nitrogen and oxygen atoms in total. The Labute approximate surface area is 159 Å². The van der Waals surface area contributed by atoms with Crippen molar-refractivity contribution in [3.63, 3.8) is 0 Å². The van der Waals surface area contributed by atoms with E-state index in [1.54, 1.807) is 32.2 Å². The minimum atomic E-state index is -1.02. The molecular formula is C21H25FN2O3. The maximum absolute atomic E-state index is 14.5. The van der Waals surface area contributed by atoms with Gasteiger partial charge in [0.15, 0.2) is 0 Å². The minimum Gasteiger partial charge on any atom is -0.496 e. The van der Waals surface area contributed by atoms with Gasteiger partial charge in [-0.15, -0.1) is 0 Å². The van der Waals surface area contributed by atoms with Gasteiger partial charge in [0.2, 0.25) is 0 Å². The molecule has 0 spiro atoms. The first kappa shape index (κ1) is 19.3. The number of halogens is 1. The molecule has 0 aromatic heterocycles. The van der Waals surface area contributed by atoms with Gasteiger partial charge in [-0.2, -0.15) is 0 Å². The minimum absolute atomic E-state index is 0.237. The number of rotatable bonds is 6. The van der Waals surface area contributed by atoms with Crippen molar-refractivity contribution in [2.75, 3.05) is 33.3 Å². The van der Waals surface area contributed by atoms with E-state index < -0.39 is 17.8 Å². The summed E-state index contributed by atoms with van der Waals surface area (Å²) in [6.07, 6.45) is 0. The molecule has 6 heteroatoms. The summed E-state index contributed by atoms with van der Waals surface area (Å²) >= 11 is 0. The van der Waals surface area contributed by atoms with Crippen molar-refractivity contribution in [1.82, 2.24) is 9.80 Å². The zero-order valence-corrected chi connectivity index (χ0v) is 15.7. The van der Waals surface area contributed by atoms with Crippen molar-refractivity contribution in [2.45, 2.75) is 19.5 Å². The van der Waals surface area contributed by atoms with Crippen molar-refractivity contribution in [2.24, 2.45) is 0 Å². The second-order valence-electron chi connectivity index (χ2n) is 6.84. The number of nitrogens with zero attached hydrogens (tertiary/aromatic N) is 2. The van der Waals surface area contributed by atoms with E-state index in [0.29, 0.717) is 18.7 Å². The lowest BCUT2D eigenvalue weighted by molar-refractivity contribution is -0.144. The van der Waals surface area contributed by atoms with Gasteiger partial charge < -0.3 is 9.84 Å². The van der Waals surface area contributed by atoms with Gasteiger partial charge in [0.05, 0.1) is 7.11 Å². The molecule has 1 aliphatic rings. The summed E-state index contributed by atoms with van der Waals surface area (Å²) in [6, 6.07) is 11.9. The molecule has 144 valence electrons. The van der Waals surface area contributed by atoms with Gasteiger partial charge in [-0.05, 0) is 18.6 Å². The molecule has 1 aliphatic heterocycles. The third-order valence-electron chi connectivity index (χ3n) is 5.11. The van der Waals surface area contributed by atoms with Crippen LogP contribution in [0.25, 0.3) is 0 Å². The smallest absolute Gasteiger partial charge is 0.325 e. The van der Waals surface area contributed by atoms with Crippen molar-refractivity contribution < 1.29 is 19.0 Å². The van der Waals surface area contributed by atoms with E-state index in [1.165, 1.54) is 0 Å². The summed E-state index contributed by atoms with van der Waals surface area (Å²) in [5.41, 5.74) is 1.81. The molecular weight excluding hydrogens is 347 g/mol. The summed E-state index contributed by atoms with van der Waals surface area (Å²) < 4.78 is 19.9. The maximum Gasteiger partial charge on any atom is 0.325 e. The number of carbonyl (C=O) groups is 1. The zero-order valence-electron chi connectivity index (χ0n) is 15.7. The Balaban J connectivity index is 1.69. The van der Waals surface area contributed by atoms with E-state index in [2.05, 4.69) is 4.90 Å². The lowest BCUT2D eigenvalue weighted by Gasteiger charge is -2.38. The molecule has 0 aliphatic carbocycles. The summed E-state index contributed by atoms with van der Waals surface area (Å²) in [6.45, 7) is 4.97. The number of hydrogen-bond acceptors (Lipinski definition) is 4. The van der Waals surface area contributed by atoms with Gasteiger partial charge in [-0.1, -0.05) is 36.4 Å². The zero-order chi connectivity index (χ0) is 19.4. The van der Waals surface area contributed by atoms with Gasteiger partial charge in [-0.3, -0.25) is 14.6 Å². The lowest BCUT2D eigenvalue weighted by Crippen LogP contribution is -2.49. The molecule has 3 rings (SSSR count). The number of ether oxygens (including phenoxy) is 1. The average molecular weight is 372 g/mol. The van der Waals surface area contributed by atoms with Crippen LogP contribution >= 0.6 is 0 Å². The first-order chi connectivity index (χ1) is 13.0. The quantitative estimate of drug-likeness (QED) is 0.845. The largest absolute Gasteiger partial charge is 0.496 e. The average Bonchev–Trinajstić information content (AvgIpc) is 2.67. The van der Waals surface area contributed by atoms with Gasteiger partial charge in [0.1, 0.15) is 17.6 Å². The van der Waals surface area contributed by atoms with Crippen molar-refractivity contribution >= 4 is 5.97 Å². The van der Waals surface area contributed by atoms with Crippen LogP contribution in [0.5, 0.6) is 5.75 Å². The Kier molecular flexibility index (Phi) is 6.08. The number of aliphatic carboxylic acids is 1. The second-order valence-corrected chi connectivity index (χ2v) is 6.84. The first-order valence-corrected chi connectivity index (χ1v) is 9.07. The van der Waals surface area contributed by atoms with Crippen LogP contribution in [0.15, 0.2) is 42.5 Å². The molecule has 27 heavy (non-hydrogen) atoms. The number of piperazine rings is 1. The number of para-hydroxylation sites is 1. The molecule has 1 N–H and O–H groups in total. The van der Waals surface area contributed by atoms with E-state index >= 15 is 0 Å². The number of aryl methyl sites for hydroxylation is 1. The Morgan fingerprint density at radius 2 is 1.85 bits per heavy atom. The third kappa shape index (κ3) is 4.28. The van der Waals surface area contributed by atoms with Crippen molar-refractivity contribution in [3.05, 3.63) is 65.0 Å². The van der Waals surface area contributed by atoms with Gasteiger partial charge in [0, 0.05) is 43.9 Å². The Morgan fingerprint density at radius 3 is 2.52 bits per heavy atom. The molecule has 0 saturated carbocycles. The van der Waals surface area contributed by atoms with Gasteiger partial charge >= 0.3 is 5.97 Å². The highest BCUT2D eigenvalue weighted by molar-refractivity contribution is 5.75. The predicted octanol–water partition coefficient (Wildman–Crippen LogP) is 3.09. The van der Waals surface area contributed by atoms with Crippen molar-refractivity contribution in [1.29, 1.82) is 0 Å². The summed E-state index contributed by atoms with van der Waals surface area (Å²) in [5.74, 6) is -0.593. The molecule has 0 unspecified atom stereocenters. The van der Waals surface area contributed by atoms with Crippen LogP contribution in [-0.4, -0.2) is 54.2 Å². The van der Waals surface area contributed by atoms with E-state index in [0.717, 1.165) is 30.9 Å². The van der Waals surface area contributed by atoms with Crippen LogP contribution in [0.1, 0.15) is 22.7 Å². The summed E-state index contributed by atoms with van der Waals surface area (Å²) in [5, 5.41) is 9.73. The Bertz CT molecular complexity index is 804. The van der Waals surface area contributed by atoms with Gasteiger partial charge in [-0.25, -0.2) is 4.39 Å². The lowest BCUT2D eigenvalue weighted by atomic mass is 10.0. The van der Waals surface area contributed by atoms with E-state index in [1.807, 2.05) is 29.2 Å². The SMILES string of the molecule is COc1ccccc1CN1CCN([C@@H](C(=O)O)c2cccc(C)c2F)CC1. The molecule has 0 radical (unpaired) electrons. The number of carboxylic acid groups (broad SMARTS) is 1. The third-order valence-corrected chi connectivity index (χ3v) is 5.11. The summed E-state index contributed by atoms with van der Waals surface area (Å²) in [4.78, 5) is 16.0. The fourth-order valence-corrected chi connectivity index (χ4v) is 3.62. The molecule has 0 bridgehead atoms. The van der Waals surface area contributed by atoms with Crippen LogP contribution < -0.4 is 4.74 Å². The number of benzene rings is 2. The molecule has 1 fully saturated rings. The number of carboxylic acids is 1. The molecule has 2 aromatic rings. The standard InChI is InChI=1S/C21H25FN2O3/c1-15-6-5-8-17(19(15)22)20(21(25)26)24-12-10-23(11-13-24)14-16-7-3-4-9-18(16)27-2/h3-9,20H,10-14H2,1-2H3,(H,25,26)/t20-/m1/s1. The first-order valence-electron chi connectivity index (χ1n) is 9.07. The molecule has 0 amide bonds. The molecule has 1 atom stereocenters. The van der Waals surface area contributed by atoms with Crippen LogP contribution in [0, 0.1) is 12.7 Å². The van der Waals surface area contributed by atoms with Crippen LogP contribution in [0.4, 0.5) is 4.39 Å². The second kappa shape index (κ2) is 8.50. The van der Waals surface area contributed by atoms with E-state index in [-0.39, 0.29) is 5.56 Å². The van der Waals surface area contributed by atoms with Crippen LogP contribution in [0.3, 0.4) is 0 Å². The molecule has 1 heterocycles. The Hall–Kier alpha value is -2.44. The van der Waals surface area contributed by atoms with Crippen molar-refractivity contribution in [3.8, 4) is 5.75 Å². The normalized spacial score (nSPS) is 16.9. The summed E-state index contributed by atoms with van der Waals surface area (Å²) in [7, 11) is 1.66. The van der Waals surface area contributed by atoms with Crippen LogP contribution in [0.2, 0.25) is 0 Å². The molecule has 2 aromatic carbocycles. The highest BCUT2D eigenvalue weighted by Gasteiger charge is 2.32. The van der Waals surface area contributed by atoms with E-state index in [9.17, 15) is 14.3 Å². The maximum atomic E-state index is 14.5. The fraction of sp³-hybridized carbons (Fsp3) is 0.381. The number of hydrogen-bond donors (Lipinski definition) is 1. The highest BCUT2D eigenvalue weighted by Crippen LogP contribution is 2.27. The highest BCUT2D eigenvalue weighted by atomic mass is 19.1. The fourth-order valence-electron chi connectivity index (χ4n) is 3.62. The molecule has 1 saturated heterocycles. The monoisotopic (exact) mass is 372 g/mol. The number of methoxy groups -OCH3 is 1. The van der Waals surface area contributed by atoms with Gasteiger partial charge in [0.25, 0.3) is 0 Å².